The third kappa shape index (κ3) is 7.21. The second-order valence-electron chi connectivity index (χ2n) is 11.9. The second kappa shape index (κ2) is 13.6. The van der Waals surface area contributed by atoms with Gasteiger partial charge in [0.1, 0.15) is 23.0 Å². The van der Waals surface area contributed by atoms with Gasteiger partial charge >= 0.3 is 5.97 Å². The summed E-state index contributed by atoms with van der Waals surface area (Å²) in [7, 11) is -2.23. The van der Waals surface area contributed by atoms with E-state index in [-0.39, 0.29) is 66.0 Å². The van der Waals surface area contributed by atoms with Crippen molar-refractivity contribution in [3.05, 3.63) is 94.9 Å². The minimum absolute atomic E-state index is 0.0212. The predicted octanol–water partition coefficient (Wildman–Crippen LogP) is 3.36. The van der Waals surface area contributed by atoms with E-state index in [0.29, 0.717) is 27.7 Å². The number of nitrogens with two attached hydrogens (primary N) is 1. The molecule has 254 valence electrons. The van der Waals surface area contributed by atoms with Crippen LogP contribution in [0.1, 0.15) is 48.2 Å². The van der Waals surface area contributed by atoms with Crippen molar-refractivity contribution in [2.45, 2.75) is 38.6 Å². The zero-order valence-electron chi connectivity index (χ0n) is 26.7. The molecule has 0 amide bonds. The molecule has 5 aromatic rings. The van der Waals surface area contributed by atoms with Crippen LogP contribution in [-0.2, 0) is 34.6 Å². The second-order valence-corrected chi connectivity index (χ2v) is 14.1. The molecule has 4 bridgehead atoms. The Bertz CT molecular complexity index is 2240. The van der Waals surface area contributed by atoms with Gasteiger partial charge in [-0.15, -0.1) is 0 Å². The first-order valence-electron chi connectivity index (χ1n) is 15.4. The summed E-state index contributed by atoms with van der Waals surface area (Å²) in [6, 6.07) is 14.2. The van der Waals surface area contributed by atoms with E-state index in [1.165, 1.54) is 28.9 Å². The number of ether oxygens (including phenoxy) is 1. The first kappa shape index (κ1) is 33.5. The lowest BCUT2D eigenvalue weighted by molar-refractivity contribution is -0.473. The number of hydrogen-bond donors (Lipinski definition) is 4. The van der Waals surface area contributed by atoms with E-state index < -0.39 is 39.1 Å². The number of fused-ring (bicyclic) bond motifs is 8. The first-order chi connectivity index (χ1) is 23.4. The average molecular weight is 691 g/mol. The fourth-order valence-corrected chi connectivity index (χ4v) is 7.40. The topological polar surface area (TPSA) is 180 Å². The van der Waals surface area contributed by atoms with Crippen molar-refractivity contribution in [2.75, 3.05) is 11.5 Å². The lowest BCUT2D eigenvalue weighted by atomic mass is 9.93. The van der Waals surface area contributed by atoms with Gasteiger partial charge in [-0.25, -0.2) is 31.9 Å². The van der Waals surface area contributed by atoms with Crippen LogP contribution in [-0.4, -0.2) is 62.2 Å². The van der Waals surface area contributed by atoms with E-state index >= 15 is 8.78 Å². The van der Waals surface area contributed by atoms with Gasteiger partial charge in [0, 0.05) is 49.5 Å². The Morgan fingerprint density at radius 2 is 2.00 bits per heavy atom. The van der Waals surface area contributed by atoms with Gasteiger partial charge in [0.25, 0.3) is 0 Å². The summed E-state index contributed by atoms with van der Waals surface area (Å²) in [5.74, 6) is 2.42. The van der Waals surface area contributed by atoms with Gasteiger partial charge in [0.15, 0.2) is 45.3 Å². The number of aromatic amines is 1. The number of hydrogen-bond acceptors (Lipinski definition) is 8. The van der Waals surface area contributed by atoms with Gasteiger partial charge in [0.05, 0.1) is 16.9 Å². The molecule has 49 heavy (non-hydrogen) atoms. The molecular weight excluding hydrogens is 656 g/mol. The largest absolute Gasteiger partial charge is 0.481 e. The van der Waals surface area contributed by atoms with E-state index in [1.807, 2.05) is 0 Å². The number of carboxylic acid groups (broad SMARTS) is 1. The van der Waals surface area contributed by atoms with Crippen molar-refractivity contribution in [1.82, 2.24) is 19.7 Å². The van der Waals surface area contributed by atoms with Crippen molar-refractivity contribution in [1.29, 1.82) is 0 Å². The summed E-state index contributed by atoms with van der Waals surface area (Å²) in [5, 5.41) is 18.2. The molecule has 0 aliphatic carbocycles. The van der Waals surface area contributed by atoms with Crippen LogP contribution < -0.4 is 15.6 Å². The fraction of sp³-hybridized carbons (Fsp3) is 0.265. The number of aryl methyl sites for hydroxylation is 2. The summed E-state index contributed by atoms with van der Waals surface area (Å²) in [6.07, 6.45) is 1.90. The minimum atomic E-state index is -3.82. The van der Waals surface area contributed by atoms with E-state index in [1.54, 1.807) is 50.5 Å². The van der Waals surface area contributed by atoms with Crippen LogP contribution in [0, 0.1) is 11.6 Å². The molecule has 0 radical (unpaired) electrons. The maximum Gasteiger partial charge on any atom is 0.303 e. The number of benzene rings is 3. The van der Waals surface area contributed by atoms with Gasteiger partial charge < -0.3 is 20.7 Å². The van der Waals surface area contributed by atoms with Gasteiger partial charge in [-0.1, -0.05) is 24.3 Å². The van der Waals surface area contributed by atoms with Crippen molar-refractivity contribution in [3.8, 4) is 22.9 Å². The molecule has 5 N–H and O–H groups in total. The summed E-state index contributed by atoms with van der Waals surface area (Å²) in [5.41, 5.74) is 2.86. The average Bonchev–Trinajstić information content (AvgIpc) is 3.69. The van der Waals surface area contributed by atoms with Crippen LogP contribution in [0.3, 0.4) is 0 Å². The number of nitrogens with zero attached hydrogens (tertiary/aromatic N) is 4. The van der Waals surface area contributed by atoms with Crippen molar-refractivity contribution in [3.63, 3.8) is 0 Å². The zero-order valence-corrected chi connectivity index (χ0v) is 27.5. The minimum Gasteiger partial charge on any atom is -0.481 e. The Hall–Kier alpha value is -5.44. The molecule has 1 atom stereocenters. The van der Waals surface area contributed by atoms with Crippen molar-refractivity contribution < 1.29 is 36.8 Å². The van der Waals surface area contributed by atoms with Crippen LogP contribution in [0.15, 0.2) is 65.9 Å². The van der Waals surface area contributed by atoms with Gasteiger partial charge in [-0.05, 0) is 48.2 Å². The number of H-pyrrole nitrogens is 1. The number of carboxylic acids is 1. The predicted molar refractivity (Wildman–Crippen MR) is 179 cm³/mol. The van der Waals surface area contributed by atoms with Gasteiger partial charge in [-0.3, -0.25) is 4.79 Å². The van der Waals surface area contributed by atoms with Crippen LogP contribution >= 0.6 is 0 Å². The lowest BCUT2D eigenvalue weighted by Gasteiger charge is -2.16. The summed E-state index contributed by atoms with van der Waals surface area (Å²) in [4.78, 5) is 22.0. The number of hydrazone groups is 1. The highest BCUT2D eigenvalue weighted by molar-refractivity contribution is 7.92. The maximum absolute atomic E-state index is 15.6. The standard InChI is InChI=1S/C34H33F2N7O5S/c1-19-30(41-37)18-49(46,47)13-11-23(21-5-3-4-20(14-21)6-9-31(44)45)33-40-34(43(2)42-33)25-15-22(7-8-27(25)35)48-32-26(17-39-19)24-10-12-38-29(24)16-28(32)36/h3-5,7-8,10,12,14-16,23,38H,6,9,11,13,17-18,37H2,1-2H3,(H,44,45)/p+1/b39-19?,41-30-. The Morgan fingerprint density at radius 1 is 1.18 bits per heavy atom. The van der Waals surface area contributed by atoms with E-state index in [9.17, 15) is 18.3 Å². The Morgan fingerprint density at radius 3 is 2.78 bits per heavy atom. The number of nitrogens with one attached hydrogen (secondary N) is 2. The first-order valence-corrected chi connectivity index (χ1v) is 17.3. The highest BCUT2D eigenvalue weighted by Crippen LogP contribution is 2.36. The molecule has 12 nitrogen and oxygen atoms in total. The third-order valence-corrected chi connectivity index (χ3v) is 10.1. The van der Waals surface area contributed by atoms with E-state index in [0.717, 1.165) is 5.56 Å². The molecule has 0 spiro atoms. The van der Waals surface area contributed by atoms with E-state index in [2.05, 4.69) is 25.2 Å². The van der Waals surface area contributed by atoms with Crippen LogP contribution in [0.4, 0.5) is 8.78 Å². The number of carbonyl (C=O) groups is 1. The quantitative estimate of drug-likeness (QED) is 0.164. The molecular formula is C34H34F2N7O5S+. The molecule has 1 aliphatic heterocycles. The van der Waals surface area contributed by atoms with Crippen molar-refractivity contribution >= 4 is 38.1 Å². The number of aromatic nitrogens is 4. The molecule has 1 aliphatic rings. The molecule has 2 aromatic heterocycles. The van der Waals surface area contributed by atoms with Gasteiger partial charge in [-0.2, -0.15) is 10.2 Å². The Kier molecular flexibility index (Phi) is 9.28. The molecule has 3 aromatic carbocycles. The molecule has 0 saturated heterocycles. The maximum atomic E-state index is 15.6. The molecule has 0 saturated carbocycles. The van der Waals surface area contributed by atoms with Crippen LogP contribution in [0.25, 0.3) is 22.3 Å². The van der Waals surface area contributed by atoms with E-state index in [4.69, 9.17) is 10.6 Å². The molecule has 0 fully saturated rings. The molecule has 1 unspecified atom stereocenters. The fourth-order valence-electron chi connectivity index (χ4n) is 5.96. The highest BCUT2D eigenvalue weighted by atomic mass is 32.2. The van der Waals surface area contributed by atoms with Crippen LogP contribution in [0.5, 0.6) is 11.5 Å². The smallest absolute Gasteiger partial charge is 0.303 e. The number of rotatable bonds is 4. The lowest BCUT2D eigenvalue weighted by Crippen LogP contribution is -2.72. The summed E-state index contributed by atoms with van der Waals surface area (Å²) in [6.45, 7) is 1.65. The molecule has 3 heterocycles. The zero-order chi connectivity index (χ0) is 34.9. The Labute approximate surface area is 280 Å². The summed E-state index contributed by atoms with van der Waals surface area (Å²) < 4.78 is 65.7. The number of halogens is 2. The Balaban J connectivity index is 1.51. The summed E-state index contributed by atoms with van der Waals surface area (Å²) >= 11 is 0. The highest BCUT2D eigenvalue weighted by Gasteiger charge is 2.28. The monoisotopic (exact) mass is 690 g/mol. The number of sulfone groups is 1. The van der Waals surface area contributed by atoms with Crippen LogP contribution in [0.2, 0.25) is 0 Å². The number of aliphatic carboxylic acids is 1. The van der Waals surface area contributed by atoms with Crippen molar-refractivity contribution in [2.24, 2.45) is 18.0 Å². The molecule has 15 heteroatoms. The van der Waals surface area contributed by atoms with Gasteiger partial charge in [0.2, 0.25) is 0 Å². The normalized spacial score (nSPS) is 17.5. The third-order valence-electron chi connectivity index (χ3n) is 8.53. The molecule has 6 rings (SSSR count). The SMILES string of the molecule is CC1=[NH+]Cc2c(c(F)cc3[nH]ccc23)Oc2ccc(F)c(c2)-c2nc(nn2C)C(c2cccc(CCC(=O)O)c2)CCS(=O)(=O)C/C1=N/N.